The highest BCUT2D eigenvalue weighted by atomic mass is 32.1. The van der Waals surface area contributed by atoms with Gasteiger partial charge in [-0.05, 0) is 36.6 Å². The Morgan fingerprint density at radius 2 is 2.52 bits per heavy atom. The number of urea groups is 1. The van der Waals surface area contributed by atoms with Gasteiger partial charge < -0.3 is 15.2 Å². The average molecular weight is 332 g/mol. The lowest BCUT2D eigenvalue weighted by molar-refractivity contribution is 0.177. The van der Waals surface area contributed by atoms with Crippen LogP contribution >= 0.6 is 11.3 Å². The second-order valence-electron chi connectivity index (χ2n) is 6.33. The third kappa shape index (κ3) is 4.34. The molecule has 5 nitrogen and oxygen atoms in total. The first kappa shape index (κ1) is 16.1. The molecule has 0 aromatic carbocycles. The number of H-pyrrole nitrogens is 1. The number of imidazole rings is 1. The van der Waals surface area contributed by atoms with Crippen LogP contribution in [0.25, 0.3) is 0 Å². The number of nitrogens with zero attached hydrogens (tertiary/aromatic N) is 2. The standard InChI is InChI=1S/C17H24N4OS/c1-13(10-15-5-3-9-23-15)11-20-17(22)21-8-2-4-14(12-21)16-18-6-7-19-16/h3,5-7,9,13-14H,2,4,8,10-12H2,1H3,(H,18,19)(H,20,22). The molecule has 6 heteroatoms. The van der Waals surface area contributed by atoms with Gasteiger partial charge in [0.2, 0.25) is 0 Å². The maximum atomic E-state index is 12.4. The summed E-state index contributed by atoms with van der Waals surface area (Å²) in [5.41, 5.74) is 0. The van der Waals surface area contributed by atoms with Gasteiger partial charge in [-0.2, -0.15) is 0 Å². The SMILES string of the molecule is CC(CNC(=O)N1CCCC(c2ncc[nH]2)C1)Cc1cccs1. The second-order valence-corrected chi connectivity index (χ2v) is 7.37. The molecule has 124 valence electrons. The van der Waals surface area contributed by atoms with Crippen LogP contribution in [0, 0.1) is 5.92 Å². The zero-order chi connectivity index (χ0) is 16.1. The molecule has 1 aliphatic rings. The first-order valence-electron chi connectivity index (χ1n) is 8.27. The summed E-state index contributed by atoms with van der Waals surface area (Å²) in [7, 11) is 0. The van der Waals surface area contributed by atoms with Gasteiger partial charge in [0, 0.05) is 42.8 Å². The van der Waals surface area contributed by atoms with E-state index in [4.69, 9.17) is 0 Å². The summed E-state index contributed by atoms with van der Waals surface area (Å²) < 4.78 is 0. The number of hydrogen-bond acceptors (Lipinski definition) is 3. The van der Waals surface area contributed by atoms with Crippen molar-refractivity contribution >= 4 is 17.4 Å². The van der Waals surface area contributed by atoms with Crippen LogP contribution in [0.3, 0.4) is 0 Å². The predicted octanol–water partition coefficient (Wildman–Crippen LogP) is 3.24. The number of rotatable bonds is 5. The van der Waals surface area contributed by atoms with E-state index in [-0.39, 0.29) is 6.03 Å². The molecule has 3 heterocycles. The van der Waals surface area contributed by atoms with Crippen molar-refractivity contribution in [1.29, 1.82) is 0 Å². The molecule has 2 amide bonds. The fourth-order valence-corrected chi connectivity index (χ4v) is 3.97. The Morgan fingerprint density at radius 3 is 3.26 bits per heavy atom. The number of carbonyl (C=O) groups is 1. The average Bonchev–Trinajstić information content (AvgIpc) is 3.26. The summed E-state index contributed by atoms with van der Waals surface area (Å²) in [4.78, 5) is 23.2. The first-order chi connectivity index (χ1) is 11.2. The Balaban J connectivity index is 1.46. The van der Waals surface area contributed by atoms with Crippen LogP contribution in [0.15, 0.2) is 29.9 Å². The van der Waals surface area contributed by atoms with E-state index in [1.807, 2.05) is 11.1 Å². The fourth-order valence-electron chi connectivity index (χ4n) is 3.10. The van der Waals surface area contributed by atoms with E-state index in [9.17, 15) is 4.79 Å². The van der Waals surface area contributed by atoms with Crippen LogP contribution in [0.2, 0.25) is 0 Å². The maximum Gasteiger partial charge on any atom is 0.317 e. The molecule has 0 bridgehead atoms. The number of thiophene rings is 1. The lowest BCUT2D eigenvalue weighted by Crippen LogP contribution is -2.46. The van der Waals surface area contributed by atoms with Gasteiger partial charge in [0.1, 0.15) is 5.82 Å². The van der Waals surface area contributed by atoms with Crippen LogP contribution in [0.5, 0.6) is 0 Å². The summed E-state index contributed by atoms with van der Waals surface area (Å²) >= 11 is 1.78. The molecule has 2 unspecified atom stereocenters. The molecule has 1 saturated heterocycles. The number of carbonyl (C=O) groups excluding carboxylic acids is 1. The maximum absolute atomic E-state index is 12.4. The van der Waals surface area contributed by atoms with E-state index in [1.54, 1.807) is 17.5 Å². The highest BCUT2D eigenvalue weighted by Crippen LogP contribution is 2.24. The van der Waals surface area contributed by atoms with Crippen molar-refractivity contribution in [2.24, 2.45) is 5.92 Å². The van der Waals surface area contributed by atoms with Crippen molar-refractivity contribution in [3.05, 3.63) is 40.6 Å². The Bertz CT molecular complexity index is 596. The van der Waals surface area contributed by atoms with E-state index < -0.39 is 0 Å². The minimum Gasteiger partial charge on any atom is -0.348 e. The van der Waals surface area contributed by atoms with Crippen molar-refractivity contribution in [2.75, 3.05) is 19.6 Å². The molecular formula is C17H24N4OS. The van der Waals surface area contributed by atoms with Gasteiger partial charge in [-0.15, -0.1) is 11.3 Å². The summed E-state index contributed by atoms with van der Waals surface area (Å²) in [6, 6.07) is 4.29. The number of hydrogen-bond donors (Lipinski definition) is 2. The zero-order valence-corrected chi connectivity index (χ0v) is 14.3. The lowest BCUT2D eigenvalue weighted by Gasteiger charge is -2.32. The van der Waals surface area contributed by atoms with Crippen molar-refractivity contribution < 1.29 is 4.79 Å². The highest BCUT2D eigenvalue weighted by molar-refractivity contribution is 7.09. The molecule has 2 aromatic heterocycles. The van der Waals surface area contributed by atoms with Gasteiger partial charge in [0.15, 0.2) is 0 Å². The Morgan fingerprint density at radius 1 is 1.61 bits per heavy atom. The van der Waals surface area contributed by atoms with E-state index in [2.05, 4.69) is 39.7 Å². The van der Waals surface area contributed by atoms with E-state index in [0.717, 1.165) is 44.7 Å². The molecule has 0 spiro atoms. The molecule has 1 fully saturated rings. The van der Waals surface area contributed by atoms with Crippen LogP contribution in [-0.2, 0) is 6.42 Å². The van der Waals surface area contributed by atoms with Crippen LogP contribution in [0.4, 0.5) is 4.79 Å². The van der Waals surface area contributed by atoms with Crippen molar-refractivity contribution in [3.8, 4) is 0 Å². The number of aromatic amines is 1. The Kier molecular flexibility index (Phi) is 5.33. The van der Waals surface area contributed by atoms with Gasteiger partial charge in [-0.3, -0.25) is 0 Å². The molecule has 1 aliphatic heterocycles. The molecule has 0 radical (unpaired) electrons. The van der Waals surface area contributed by atoms with Crippen molar-refractivity contribution in [2.45, 2.75) is 32.1 Å². The third-order valence-corrected chi connectivity index (χ3v) is 5.24. The zero-order valence-electron chi connectivity index (χ0n) is 13.5. The van der Waals surface area contributed by atoms with E-state index >= 15 is 0 Å². The molecule has 2 N–H and O–H groups in total. The third-order valence-electron chi connectivity index (χ3n) is 4.35. The van der Waals surface area contributed by atoms with Gasteiger partial charge in [-0.1, -0.05) is 13.0 Å². The number of piperidine rings is 1. The molecule has 2 aromatic rings. The van der Waals surface area contributed by atoms with Crippen LogP contribution in [0.1, 0.15) is 36.4 Å². The van der Waals surface area contributed by atoms with E-state index in [1.165, 1.54) is 4.88 Å². The summed E-state index contributed by atoms with van der Waals surface area (Å²) in [5, 5.41) is 5.19. The van der Waals surface area contributed by atoms with Gasteiger partial charge in [0.25, 0.3) is 0 Å². The topological polar surface area (TPSA) is 61.0 Å². The Hall–Kier alpha value is -1.82. The fraction of sp³-hybridized carbons (Fsp3) is 0.529. The van der Waals surface area contributed by atoms with Crippen LogP contribution in [-0.4, -0.2) is 40.5 Å². The lowest BCUT2D eigenvalue weighted by atomic mass is 9.97. The Labute approximate surface area is 141 Å². The minimum atomic E-state index is 0.0549. The summed E-state index contributed by atoms with van der Waals surface area (Å²) in [5.74, 6) is 1.77. The van der Waals surface area contributed by atoms with E-state index in [0.29, 0.717) is 11.8 Å². The highest BCUT2D eigenvalue weighted by Gasteiger charge is 2.26. The summed E-state index contributed by atoms with van der Waals surface area (Å²) in [6.45, 7) is 4.49. The number of likely N-dealkylation sites (tertiary alicyclic amines) is 1. The van der Waals surface area contributed by atoms with Crippen molar-refractivity contribution in [1.82, 2.24) is 20.2 Å². The minimum absolute atomic E-state index is 0.0549. The summed E-state index contributed by atoms with van der Waals surface area (Å²) in [6.07, 6.45) is 6.77. The number of amides is 2. The monoisotopic (exact) mass is 332 g/mol. The molecular weight excluding hydrogens is 308 g/mol. The first-order valence-corrected chi connectivity index (χ1v) is 9.14. The molecule has 23 heavy (non-hydrogen) atoms. The number of nitrogens with one attached hydrogen (secondary N) is 2. The second kappa shape index (κ2) is 7.64. The molecule has 2 atom stereocenters. The number of aromatic nitrogens is 2. The van der Waals surface area contributed by atoms with Crippen molar-refractivity contribution in [3.63, 3.8) is 0 Å². The van der Waals surface area contributed by atoms with Gasteiger partial charge >= 0.3 is 6.03 Å². The quantitative estimate of drug-likeness (QED) is 0.883. The normalized spacial score (nSPS) is 19.5. The van der Waals surface area contributed by atoms with Gasteiger partial charge in [0.05, 0.1) is 0 Å². The van der Waals surface area contributed by atoms with Crippen LogP contribution < -0.4 is 5.32 Å². The smallest absolute Gasteiger partial charge is 0.317 e. The molecule has 3 rings (SSSR count). The van der Waals surface area contributed by atoms with Gasteiger partial charge in [-0.25, -0.2) is 9.78 Å². The molecule has 0 aliphatic carbocycles. The molecule has 0 saturated carbocycles. The predicted molar refractivity (Wildman–Crippen MR) is 92.7 cm³/mol. The largest absolute Gasteiger partial charge is 0.348 e.